The molecule has 0 N–H and O–H groups in total. The van der Waals surface area contributed by atoms with Gasteiger partial charge in [-0.1, -0.05) is 18.9 Å². The van der Waals surface area contributed by atoms with Gasteiger partial charge in [-0.15, -0.1) is 0 Å². The number of fused-ring (bicyclic) bond motifs is 1. The van der Waals surface area contributed by atoms with Gasteiger partial charge in [-0.05, 0) is 68.2 Å². The first kappa shape index (κ1) is 17.6. The second-order valence-corrected chi connectivity index (χ2v) is 8.14. The second-order valence-electron chi connectivity index (χ2n) is 8.14. The van der Waals surface area contributed by atoms with Crippen molar-refractivity contribution in [3.05, 3.63) is 34.9 Å². The molecule has 140 valence electrons. The van der Waals surface area contributed by atoms with Gasteiger partial charge in [0, 0.05) is 37.7 Å². The molecule has 2 amide bonds. The molecule has 0 spiro atoms. The highest BCUT2D eigenvalue weighted by molar-refractivity contribution is 5.94. The van der Waals surface area contributed by atoms with Crippen molar-refractivity contribution in [2.45, 2.75) is 57.8 Å². The molecule has 0 bridgehead atoms. The summed E-state index contributed by atoms with van der Waals surface area (Å²) in [5.41, 5.74) is 3.58. The highest BCUT2D eigenvalue weighted by Gasteiger charge is 2.31. The van der Waals surface area contributed by atoms with Crippen molar-refractivity contribution in [2.24, 2.45) is 5.92 Å². The third-order valence-corrected chi connectivity index (χ3v) is 6.39. The van der Waals surface area contributed by atoms with Crippen molar-refractivity contribution in [3.8, 4) is 0 Å². The van der Waals surface area contributed by atoms with Crippen LogP contribution in [0.25, 0.3) is 0 Å². The van der Waals surface area contributed by atoms with Crippen molar-refractivity contribution >= 4 is 11.8 Å². The number of piperidine rings is 1. The van der Waals surface area contributed by atoms with Gasteiger partial charge in [0.1, 0.15) is 0 Å². The molecule has 4 nitrogen and oxygen atoms in total. The maximum absolute atomic E-state index is 12.9. The third kappa shape index (κ3) is 3.65. The van der Waals surface area contributed by atoms with Gasteiger partial charge in [-0.2, -0.15) is 0 Å². The molecule has 4 heteroatoms. The van der Waals surface area contributed by atoms with E-state index < -0.39 is 0 Å². The van der Waals surface area contributed by atoms with E-state index in [9.17, 15) is 9.59 Å². The van der Waals surface area contributed by atoms with Gasteiger partial charge < -0.3 is 9.80 Å². The smallest absolute Gasteiger partial charge is 0.253 e. The van der Waals surface area contributed by atoms with Crippen molar-refractivity contribution < 1.29 is 9.59 Å². The molecule has 2 aliphatic heterocycles. The van der Waals surface area contributed by atoms with Crippen LogP contribution in [-0.4, -0.2) is 47.8 Å². The predicted molar refractivity (Wildman–Crippen MR) is 102 cm³/mol. The summed E-state index contributed by atoms with van der Waals surface area (Å²) in [6.07, 6.45) is 9.85. The zero-order valence-electron chi connectivity index (χ0n) is 15.7. The Bertz CT molecular complexity index is 669. The van der Waals surface area contributed by atoms with E-state index in [4.69, 9.17) is 0 Å². The molecule has 0 unspecified atom stereocenters. The minimum absolute atomic E-state index is 0.108. The van der Waals surface area contributed by atoms with E-state index in [1.807, 2.05) is 11.0 Å². The highest BCUT2D eigenvalue weighted by atomic mass is 16.2. The van der Waals surface area contributed by atoms with E-state index in [0.29, 0.717) is 19.0 Å². The zero-order valence-corrected chi connectivity index (χ0v) is 15.7. The van der Waals surface area contributed by atoms with E-state index in [0.717, 1.165) is 57.2 Å². The number of benzene rings is 1. The molecule has 1 aromatic carbocycles. The summed E-state index contributed by atoms with van der Waals surface area (Å²) in [5, 5.41) is 0. The first-order valence-electron chi connectivity index (χ1n) is 10.4. The van der Waals surface area contributed by atoms with Crippen molar-refractivity contribution in [1.82, 2.24) is 9.80 Å². The van der Waals surface area contributed by atoms with E-state index >= 15 is 0 Å². The molecule has 1 aliphatic carbocycles. The predicted octanol–water partition coefficient (Wildman–Crippen LogP) is 3.43. The minimum atomic E-state index is 0.108. The van der Waals surface area contributed by atoms with Crippen LogP contribution in [0, 0.1) is 5.92 Å². The van der Waals surface area contributed by atoms with Crippen molar-refractivity contribution in [3.63, 3.8) is 0 Å². The molecule has 0 saturated carbocycles. The Morgan fingerprint density at radius 3 is 2.19 bits per heavy atom. The number of aryl methyl sites for hydroxylation is 2. The van der Waals surface area contributed by atoms with Gasteiger partial charge in [-0.25, -0.2) is 0 Å². The zero-order chi connectivity index (χ0) is 17.9. The molecule has 0 aromatic heterocycles. The summed E-state index contributed by atoms with van der Waals surface area (Å²) in [6, 6.07) is 6.21. The normalized spacial score (nSPS) is 21.4. The number of likely N-dealkylation sites (tertiary alicyclic amines) is 2. The van der Waals surface area contributed by atoms with E-state index in [2.05, 4.69) is 17.0 Å². The molecule has 1 aromatic rings. The van der Waals surface area contributed by atoms with Gasteiger partial charge in [0.2, 0.25) is 5.91 Å². The summed E-state index contributed by atoms with van der Waals surface area (Å²) >= 11 is 0. The van der Waals surface area contributed by atoms with E-state index in [1.54, 1.807) is 0 Å². The number of amides is 2. The number of carbonyl (C=O) groups excluding carboxylic acids is 2. The maximum Gasteiger partial charge on any atom is 0.253 e. The van der Waals surface area contributed by atoms with Gasteiger partial charge in [0.25, 0.3) is 5.91 Å². The molecule has 4 rings (SSSR count). The summed E-state index contributed by atoms with van der Waals surface area (Å²) in [4.78, 5) is 29.7. The monoisotopic (exact) mass is 354 g/mol. The molecule has 26 heavy (non-hydrogen) atoms. The van der Waals surface area contributed by atoms with Crippen LogP contribution in [-0.2, 0) is 17.6 Å². The number of carbonyl (C=O) groups is 2. The summed E-state index contributed by atoms with van der Waals surface area (Å²) in [6.45, 7) is 3.26. The highest BCUT2D eigenvalue weighted by Crippen LogP contribution is 2.26. The first-order valence-corrected chi connectivity index (χ1v) is 10.4. The van der Waals surface area contributed by atoms with Crippen LogP contribution in [0.15, 0.2) is 18.2 Å². The number of hydrogen-bond donors (Lipinski definition) is 0. The first-order chi connectivity index (χ1) is 12.7. The molecule has 2 heterocycles. The Balaban J connectivity index is 1.34. The average Bonchev–Trinajstić information content (AvgIpc) is 2.99. The van der Waals surface area contributed by atoms with Gasteiger partial charge in [-0.3, -0.25) is 9.59 Å². The van der Waals surface area contributed by atoms with Crippen LogP contribution in [0.1, 0.15) is 66.4 Å². The second kappa shape index (κ2) is 7.81. The number of rotatable bonds is 2. The standard InChI is InChI=1S/C22H30N2O2/c25-21(23-12-3-1-2-4-13-23)18-10-14-24(15-11-18)22(26)20-9-8-17-6-5-7-19(17)16-20/h8-9,16,18H,1-7,10-15H2. The fraction of sp³-hybridized carbons (Fsp3) is 0.636. The van der Waals surface area contributed by atoms with E-state index in [1.165, 1.54) is 30.4 Å². The summed E-state index contributed by atoms with van der Waals surface area (Å²) in [5.74, 6) is 0.578. The van der Waals surface area contributed by atoms with Gasteiger partial charge in [0.05, 0.1) is 0 Å². The Morgan fingerprint density at radius 2 is 1.46 bits per heavy atom. The fourth-order valence-electron chi connectivity index (χ4n) is 4.77. The fourth-order valence-corrected chi connectivity index (χ4v) is 4.77. The lowest BCUT2D eigenvalue weighted by Gasteiger charge is -2.34. The van der Waals surface area contributed by atoms with Crippen LogP contribution in [0.5, 0.6) is 0 Å². The topological polar surface area (TPSA) is 40.6 Å². The molecule has 0 atom stereocenters. The summed E-state index contributed by atoms with van der Waals surface area (Å²) < 4.78 is 0. The Morgan fingerprint density at radius 1 is 0.769 bits per heavy atom. The van der Waals surface area contributed by atoms with E-state index in [-0.39, 0.29) is 11.8 Å². The van der Waals surface area contributed by atoms with Crippen LogP contribution in [0.2, 0.25) is 0 Å². The minimum Gasteiger partial charge on any atom is -0.342 e. The molecule has 0 radical (unpaired) electrons. The average molecular weight is 354 g/mol. The number of nitrogens with zero attached hydrogens (tertiary/aromatic N) is 2. The quantitative estimate of drug-likeness (QED) is 0.816. The van der Waals surface area contributed by atoms with Crippen molar-refractivity contribution in [1.29, 1.82) is 0 Å². The Kier molecular flexibility index (Phi) is 5.28. The molecule has 2 fully saturated rings. The molecular weight excluding hydrogens is 324 g/mol. The lowest BCUT2D eigenvalue weighted by Crippen LogP contribution is -2.44. The van der Waals surface area contributed by atoms with Crippen LogP contribution < -0.4 is 0 Å². The Labute approximate surface area is 156 Å². The van der Waals surface area contributed by atoms with Crippen LogP contribution in [0.3, 0.4) is 0 Å². The lowest BCUT2D eigenvalue weighted by atomic mass is 9.94. The van der Waals surface area contributed by atoms with Gasteiger partial charge >= 0.3 is 0 Å². The third-order valence-electron chi connectivity index (χ3n) is 6.39. The molecular formula is C22H30N2O2. The largest absolute Gasteiger partial charge is 0.342 e. The van der Waals surface area contributed by atoms with Crippen LogP contribution in [0.4, 0.5) is 0 Å². The maximum atomic E-state index is 12.9. The number of hydrogen-bond acceptors (Lipinski definition) is 2. The van der Waals surface area contributed by atoms with Gasteiger partial charge in [0.15, 0.2) is 0 Å². The van der Waals surface area contributed by atoms with Crippen molar-refractivity contribution in [2.75, 3.05) is 26.2 Å². The molecule has 3 aliphatic rings. The Hall–Kier alpha value is -1.84. The lowest BCUT2D eigenvalue weighted by molar-refractivity contribution is -0.136. The SMILES string of the molecule is O=C(c1ccc2c(c1)CCC2)N1CCC(C(=O)N2CCCCCC2)CC1. The summed E-state index contributed by atoms with van der Waals surface area (Å²) in [7, 11) is 0. The molecule has 2 saturated heterocycles. The van der Waals surface area contributed by atoms with Crippen LogP contribution >= 0.6 is 0 Å².